The molecule has 110 valence electrons. The van der Waals surface area contributed by atoms with Crippen LogP contribution in [-0.2, 0) is 11.3 Å². The maximum Gasteiger partial charge on any atom is 0.244 e. The van der Waals surface area contributed by atoms with E-state index in [1.54, 1.807) is 10.9 Å². The number of carbonyl (C=O) groups is 1. The molecule has 1 aliphatic carbocycles. The van der Waals surface area contributed by atoms with E-state index in [0.29, 0.717) is 19.0 Å². The topological polar surface area (TPSA) is 68.8 Å². The first-order valence-electron chi connectivity index (χ1n) is 7.46. The lowest BCUT2D eigenvalue weighted by atomic mass is 10.2. The number of carbonyl (C=O) groups excluding carboxylic acids is 1. The lowest BCUT2D eigenvalue weighted by Crippen LogP contribution is -2.32. The minimum absolute atomic E-state index is 0.115. The summed E-state index contributed by atoms with van der Waals surface area (Å²) in [6, 6.07) is 2.08. The van der Waals surface area contributed by atoms with Crippen molar-refractivity contribution >= 4 is 5.91 Å². The Labute approximate surface area is 122 Å². The smallest absolute Gasteiger partial charge is 0.244 e. The van der Waals surface area contributed by atoms with Gasteiger partial charge in [0.25, 0.3) is 0 Å². The van der Waals surface area contributed by atoms with Crippen molar-refractivity contribution in [1.82, 2.24) is 29.7 Å². The second-order valence-corrected chi connectivity index (χ2v) is 5.88. The van der Waals surface area contributed by atoms with Crippen molar-refractivity contribution in [2.45, 2.75) is 37.8 Å². The molecule has 1 atom stereocenters. The van der Waals surface area contributed by atoms with Gasteiger partial charge in [-0.2, -0.15) is 5.10 Å². The minimum atomic E-state index is 0.115. The molecular weight excluding hydrogens is 268 g/mol. The second kappa shape index (κ2) is 4.98. The van der Waals surface area contributed by atoms with Gasteiger partial charge in [0.05, 0.1) is 11.7 Å². The first-order chi connectivity index (χ1) is 10.3. The molecule has 0 aromatic carbocycles. The van der Waals surface area contributed by atoms with Gasteiger partial charge in [0.2, 0.25) is 5.91 Å². The van der Waals surface area contributed by atoms with Gasteiger partial charge in [-0.05, 0) is 25.3 Å². The summed E-state index contributed by atoms with van der Waals surface area (Å²) in [6.07, 6.45) is 8.97. The van der Waals surface area contributed by atoms with E-state index in [0.717, 1.165) is 18.7 Å². The van der Waals surface area contributed by atoms with Gasteiger partial charge in [0.1, 0.15) is 6.54 Å². The summed E-state index contributed by atoms with van der Waals surface area (Å²) in [5.41, 5.74) is 1.11. The third-order valence-corrected chi connectivity index (χ3v) is 4.27. The molecule has 2 fully saturated rings. The molecule has 7 heteroatoms. The summed E-state index contributed by atoms with van der Waals surface area (Å²) >= 11 is 0. The number of hydrogen-bond donors (Lipinski definition) is 0. The summed E-state index contributed by atoms with van der Waals surface area (Å²) in [4.78, 5) is 14.1. The van der Waals surface area contributed by atoms with Crippen LogP contribution < -0.4 is 0 Å². The number of hydrogen-bond acceptors (Lipinski definition) is 4. The molecule has 3 heterocycles. The van der Waals surface area contributed by atoms with E-state index >= 15 is 0 Å². The van der Waals surface area contributed by atoms with Gasteiger partial charge >= 0.3 is 0 Å². The van der Waals surface area contributed by atoms with Crippen molar-refractivity contribution in [3.8, 4) is 0 Å². The Hall–Kier alpha value is -2.18. The molecule has 0 radical (unpaired) electrons. The van der Waals surface area contributed by atoms with Crippen LogP contribution in [0.1, 0.15) is 36.9 Å². The van der Waals surface area contributed by atoms with Gasteiger partial charge < -0.3 is 4.90 Å². The fraction of sp³-hybridized carbons (Fsp3) is 0.571. The Bertz CT molecular complexity index is 630. The predicted molar refractivity (Wildman–Crippen MR) is 74.5 cm³/mol. The van der Waals surface area contributed by atoms with Crippen LogP contribution in [0.25, 0.3) is 0 Å². The van der Waals surface area contributed by atoms with Crippen LogP contribution in [0.5, 0.6) is 0 Å². The number of aromatic nitrogens is 5. The Morgan fingerprint density at radius 3 is 3.00 bits per heavy atom. The summed E-state index contributed by atoms with van der Waals surface area (Å²) in [5, 5.41) is 12.6. The monoisotopic (exact) mass is 286 g/mol. The van der Waals surface area contributed by atoms with E-state index in [1.165, 1.54) is 12.8 Å². The zero-order valence-corrected chi connectivity index (χ0v) is 11.8. The SMILES string of the molecule is O=C(Cn1cccn1)N1CCC(n2cc(C3CC3)nn2)C1. The molecule has 2 aromatic rings. The van der Waals surface area contributed by atoms with Gasteiger partial charge in [0.15, 0.2) is 0 Å². The first kappa shape index (κ1) is 12.6. The summed E-state index contributed by atoms with van der Waals surface area (Å²) in [6.45, 7) is 1.81. The molecule has 1 saturated heterocycles. The standard InChI is InChI=1S/C14H18N6O/c21-14(10-19-6-1-5-15-19)18-7-4-12(8-18)20-9-13(16-17-20)11-2-3-11/h1,5-6,9,11-12H,2-4,7-8,10H2. The molecule has 4 rings (SSSR count). The third-order valence-electron chi connectivity index (χ3n) is 4.27. The van der Waals surface area contributed by atoms with E-state index in [9.17, 15) is 4.79 Å². The van der Waals surface area contributed by atoms with Crippen LogP contribution in [-0.4, -0.2) is 48.7 Å². The van der Waals surface area contributed by atoms with Gasteiger partial charge in [-0.25, -0.2) is 4.68 Å². The van der Waals surface area contributed by atoms with Gasteiger partial charge in [0, 0.05) is 37.6 Å². The third kappa shape index (κ3) is 2.55. The molecule has 0 bridgehead atoms. The van der Waals surface area contributed by atoms with Gasteiger partial charge in [-0.3, -0.25) is 9.48 Å². The molecule has 2 aromatic heterocycles. The normalized spacial score (nSPS) is 21.9. The van der Waals surface area contributed by atoms with E-state index < -0.39 is 0 Å². The number of amides is 1. The van der Waals surface area contributed by atoms with Gasteiger partial charge in [-0.15, -0.1) is 5.10 Å². The number of nitrogens with zero attached hydrogens (tertiary/aromatic N) is 6. The average molecular weight is 286 g/mol. The summed E-state index contributed by atoms with van der Waals surface area (Å²) in [7, 11) is 0. The van der Waals surface area contributed by atoms with Crippen LogP contribution in [0.3, 0.4) is 0 Å². The highest BCUT2D eigenvalue weighted by Crippen LogP contribution is 2.39. The fourth-order valence-electron chi connectivity index (χ4n) is 2.85. The molecular formula is C14H18N6O. The molecule has 2 aliphatic rings. The quantitative estimate of drug-likeness (QED) is 0.834. The number of rotatable bonds is 4. The highest BCUT2D eigenvalue weighted by molar-refractivity contribution is 5.76. The maximum absolute atomic E-state index is 12.2. The zero-order chi connectivity index (χ0) is 14.2. The van der Waals surface area contributed by atoms with E-state index in [4.69, 9.17) is 0 Å². The molecule has 1 amide bonds. The van der Waals surface area contributed by atoms with E-state index in [2.05, 4.69) is 21.6 Å². The van der Waals surface area contributed by atoms with Crippen LogP contribution in [0, 0.1) is 0 Å². The van der Waals surface area contributed by atoms with Crippen molar-refractivity contribution in [3.63, 3.8) is 0 Å². The summed E-state index contributed by atoms with van der Waals surface area (Å²) in [5.74, 6) is 0.737. The van der Waals surface area contributed by atoms with Gasteiger partial charge in [-0.1, -0.05) is 5.21 Å². The first-order valence-corrected chi connectivity index (χ1v) is 7.46. The highest BCUT2D eigenvalue weighted by atomic mass is 16.2. The van der Waals surface area contributed by atoms with Crippen molar-refractivity contribution < 1.29 is 4.79 Å². The van der Waals surface area contributed by atoms with E-state index in [1.807, 2.05) is 21.8 Å². The summed E-state index contributed by atoms with van der Waals surface area (Å²) < 4.78 is 3.60. The van der Waals surface area contributed by atoms with Crippen molar-refractivity contribution in [2.75, 3.05) is 13.1 Å². The van der Waals surface area contributed by atoms with Crippen molar-refractivity contribution in [1.29, 1.82) is 0 Å². The Kier molecular flexibility index (Phi) is 2.98. The largest absolute Gasteiger partial charge is 0.339 e. The molecule has 1 saturated carbocycles. The minimum Gasteiger partial charge on any atom is -0.339 e. The lowest BCUT2D eigenvalue weighted by molar-refractivity contribution is -0.131. The average Bonchev–Trinajstić information content (AvgIpc) is 2.94. The van der Waals surface area contributed by atoms with Crippen LogP contribution in [0.2, 0.25) is 0 Å². The molecule has 0 spiro atoms. The fourth-order valence-corrected chi connectivity index (χ4v) is 2.85. The van der Waals surface area contributed by atoms with E-state index in [-0.39, 0.29) is 11.9 Å². The Balaban J connectivity index is 1.38. The molecule has 1 aliphatic heterocycles. The number of likely N-dealkylation sites (tertiary alicyclic amines) is 1. The lowest BCUT2D eigenvalue weighted by Gasteiger charge is -2.16. The second-order valence-electron chi connectivity index (χ2n) is 5.88. The maximum atomic E-state index is 12.2. The molecule has 1 unspecified atom stereocenters. The molecule has 21 heavy (non-hydrogen) atoms. The Morgan fingerprint density at radius 1 is 1.33 bits per heavy atom. The zero-order valence-electron chi connectivity index (χ0n) is 11.8. The molecule has 7 nitrogen and oxygen atoms in total. The van der Waals surface area contributed by atoms with Crippen LogP contribution >= 0.6 is 0 Å². The van der Waals surface area contributed by atoms with Crippen LogP contribution in [0.15, 0.2) is 24.7 Å². The van der Waals surface area contributed by atoms with Crippen LogP contribution in [0.4, 0.5) is 0 Å². The predicted octanol–water partition coefficient (Wildman–Crippen LogP) is 0.826. The Morgan fingerprint density at radius 2 is 2.24 bits per heavy atom. The molecule has 0 N–H and O–H groups in total. The van der Waals surface area contributed by atoms with Crippen molar-refractivity contribution in [2.24, 2.45) is 0 Å². The highest BCUT2D eigenvalue weighted by Gasteiger charge is 2.31. The van der Waals surface area contributed by atoms with Crippen molar-refractivity contribution in [3.05, 3.63) is 30.4 Å².